The predicted octanol–water partition coefficient (Wildman–Crippen LogP) is 3.74. The highest BCUT2D eigenvalue weighted by Gasteiger charge is 2.14. The van der Waals surface area contributed by atoms with Crippen molar-refractivity contribution < 1.29 is 8.42 Å². The maximum atomic E-state index is 12.4. The summed E-state index contributed by atoms with van der Waals surface area (Å²) in [4.78, 5) is 5.42. The summed E-state index contributed by atoms with van der Waals surface area (Å²) < 4.78 is 27.4. The second-order valence-electron chi connectivity index (χ2n) is 5.56. The molecule has 0 fully saturated rings. The van der Waals surface area contributed by atoms with Crippen LogP contribution in [0.1, 0.15) is 16.7 Å². The van der Waals surface area contributed by atoms with Gasteiger partial charge in [-0.3, -0.25) is 4.98 Å². The van der Waals surface area contributed by atoms with E-state index in [0.29, 0.717) is 0 Å². The fourth-order valence-electron chi connectivity index (χ4n) is 2.48. The number of benzene rings is 1. The maximum Gasteiger partial charge on any atom is 0.216 e. The van der Waals surface area contributed by atoms with Gasteiger partial charge in [0.2, 0.25) is 10.0 Å². The van der Waals surface area contributed by atoms with Crippen molar-refractivity contribution in [2.75, 3.05) is 0 Å². The molecule has 0 radical (unpaired) electrons. The molecule has 2 aromatic heterocycles. The molecule has 124 valence electrons. The Morgan fingerprint density at radius 2 is 2.00 bits per heavy atom. The monoisotopic (exact) mass is 358 g/mol. The van der Waals surface area contributed by atoms with Gasteiger partial charge in [0.15, 0.2) is 0 Å². The Bertz CT molecular complexity index is 920. The van der Waals surface area contributed by atoms with Crippen LogP contribution in [0.25, 0.3) is 10.6 Å². The van der Waals surface area contributed by atoms with Gasteiger partial charge < -0.3 is 0 Å². The van der Waals surface area contributed by atoms with Crippen molar-refractivity contribution in [1.82, 2.24) is 9.71 Å². The molecular formula is C18H18N2O2S2. The number of thiophene rings is 1. The molecule has 0 saturated carbocycles. The van der Waals surface area contributed by atoms with Gasteiger partial charge in [-0.2, -0.15) is 0 Å². The standard InChI is InChI=1S/C18H18N2O2S2/c1-14-5-2-6-15(11-14)13-24(21,22)20-12-16-7-3-9-19-18(16)17-8-4-10-23-17/h2-11,20H,12-13H2,1H3. The lowest BCUT2D eigenvalue weighted by molar-refractivity contribution is 0.580. The van der Waals surface area contributed by atoms with E-state index in [0.717, 1.165) is 27.3 Å². The molecule has 4 nitrogen and oxygen atoms in total. The van der Waals surface area contributed by atoms with Crippen molar-refractivity contribution in [3.05, 3.63) is 76.8 Å². The molecule has 3 aromatic rings. The highest BCUT2D eigenvalue weighted by molar-refractivity contribution is 7.88. The average molecular weight is 358 g/mol. The van der Waals surface area contributed by atoms with Crippen LogP contribution in [-0.2, 0) is 22.3 Å². The molecule has 0 unspecified atom stereocenters. The van der Waals surface area contributed by atoms with Gasteiger partial charge in [-0.1, -0.05) is 42.0 Å². The van der Waals surface area contributed by atoms with E-state index in [1.807, 2.05) is 60.8 Å². The van der Waals surface area contributed by atoms with Gasteiger partial charge >= 0.3 is 0 Å². The van der Waals surface area contributed by atoms with Crippen LogP contribution >= 0.6 is 11.3 Å². The minimum atomic E-state index is -3.41. The third-order valence-electron chi connectivity index (χ3n) is 3.57. The van der Waals surface area contributed by atoms with Crippen molar-refractivity contribution in [1.29, 1.82) is 0 Å². The molecule has 0 aliphatic rings. The Balaban J connectivity index is 1.74. The summed E-state index contributed by atoms with van der Waals surface area (Å²) in [5.74, 6) is -0.0245. The number of sulfonamides is 1. The Kier molecular flexibility index (Phi) is 5.08. The van der Waals surface area contributed by atoms with Gasteiger partial charge in [0.05, 0.1) is 16.3 Å². The molecule has 0 aliphatic carbocycles. The van der Waals surface area contributed by atoms with E-state index in [1.54, 1.807) is 17.5 Å². The van der Waals surface area contributed by atoms with E-state index in [2.05, 4.69) is 9.71 Å². The quantitative estimate of drug-likeness (QED) is 0.730. The summed E-state index contributed by atoms with van der Waals surface area (Å²) >= 11 is 1.59. The van der Waals surface area contributed by atoms with Crippen LogP contribution < -0.4 is 4.72 Å². The van der Waals surface area contributed by atoms with Crippen LogP contribution in [0.4, 0.5) is 0 Å². The first-order chi connectivity index (χ1) is 11.5. The molecule has 0 aliphatic heterocycles. The second-order valence-corrected chi connectivity index (χ2v) is 8.31. The molecule has 0 amide bonds. The van der Waals surface area contributed by atoms with Crippen molar-refractivity contribution >= 4 is 21.4 Å². The van der Waals surface area contributed by atoms with Crippen LogP contribution in [-0.4, -0.2) is 13.4 Å². The first-order valence-corrected chi connectivity index (χ1v) is 10.1. The van der Waals surface area contributed by atoms with E-state index in [9.17, 15) is 8.42 Å². The fourth-order valence-corrected chi connectivity index (χ4v) is 4.33. The van der Waals surface area contributed by atoms with Crippen LogP contribution in [0.2, 0.25) is 0 Å². The van der Waals surface area contributed by atoms with Crippen molar-refractivity contribution in [2.45, 2.75) is 19.2 Å². The van der Waals surface area contributed by atoms with Gasteiger partial charge in [0.25, 0.3) is 0 Å². The first-order valence-electron chi connectivity index (χ1n) is 7.54. The summed E-state index contributed by atoms with van der Waals surface area (Å²) in [5, 5.41) is 1.98. The zero-order valence-corrected chi connectivity index (χ0v) is 14.9. The number of rotatable bonds is 6. The van der Waals surface area contributed by atoms with Gasteiger partial charge in [-0.25, -0.2) is 13.1 Å². The van der Waals surface area contributed by atoms with Gasteiger partial charge in [-0.15, -0.1) is 11.3 Å². The average Bonchev–Trinajstić information content (AvgIpc) is 3.07. The van der Waals surface area contributed by atoms with Crippen molar-refractivity contribution in [3.63, 3.8) is 0 Å². The normalized spacial score (nSPS) is 11.5. The summed E-state index contributed by atoms with van der Waals surface area (Å²) in [6.45, 7) is 2.18. The zero-order chi connectivity index (χ0) is 17.0. The summed E-state index contributed by atoms with van der Waals surface area (Å²) in [5.41, 5.74) is 3.53. The minimum absolute atomic E-state index is 0.0245. The highest BCUT2D eigenvalue weighted by Crippen LogP contribution is 2.25. The SMILES string of the molecule is Cc1cccc(CS(=O)(=O)NCc2cccnc2-c2cccs2)c1. The lowest BCUT2D eigenvalue weighted by Gasteiger charge is -2.10. The molecule has 1 aromatic carbocycles. The highest BCUT2D eigenvalue weighted by atomic mass is 32.2. The van der Waals surface area contributed by atoms with Gasteiger partial charge in [-0.05, 0) is 35.6 Å². The van der Waals surface area contributed by atoms with Crippen molar-refractivity contribution in [2.24, 2.45) is 0 Å². The zero-order valence-electron chi connectivity index (χ0n) is 13.3. The number of aryl methyl sites for hydroxylation is 1. The van der Waals surface area contributed by atoms with E-state index in [4.69, 9.17) is 0 Å². The Morgan fingerprint density at radius 1 is 1.12 bits per heavy atom. The summed E-state index contributed by atoms with van der Waals surface area (Å²) in [6, 6.07) is 15.2. The maximum absolute atomic E-state index is 12.4. The lowest BCUT2D eigenvalue weighted by atomic mass is 10.2. The van der Waals surface area contributed by atoms with Crippen LogP contribution in [0.3, 0.4) is 0 Å². The lowest BCUT2D eigenvalue weighted by Crippen LogP contribution is -2.25. The molecule has 2 heterocycles. The number of aromatic nitrogens is 1. The van der Waals surface area contributed by atoms with Gasteiger partial charge in [0.1, 0.15) is 0 Å². The van der Waals surface area contributed by atoms with E-state index >= 15 is 0 Å². The third kappa shape index (κ3) is 4.29. The number of hydrogen-bond donors (Lipinski definition) is 1. The molecule has 3 rings (SSSR count). The summed E-state index contributed by atoms with van der Waals surface area (Å²) in [7, 11) is -3.41. The second kappa shape index (κ2) is 7.25. The molecule has 24 heavy (non-hydrogen) atoms. The molecule has 0 bridgehead atoms. The Hall–Kier alpha value is -2.02. The number of nitrogens with zero attached hydrogens (tertiary/aromatic N) is 1. The van der Waals surface area contributed by atoms with E-state index in [1.165, 1.54) is 0 Å². The number of pyridine rings is 1. The molecule has 0 spiro atoms. The number of nitrogens with one attached hydrogen (secondary N) is 1. The summed E-state index contributed by atoms with van der Waals surface area (Å²) in [6.07, 6.45) is 1.72. The largest absolute Gasteiger partial charge is 0.255 e. The smallest absolute Gasteiger partial charge is 0.216 e. The minimum Gasteiger partial charge on any atom is -0.255 e. The Morgan fingerprint density at radius 3 is 2.75 bits per heavy atom. The topological polar surface area (TPSA) is 59.1 Å². The molecular weight excluding hydrogens is 340 g/mol. The fraction of sp³-hybridized carbons (Fsp3) is 0.167. The molecule has 6 heteroatoms. The van der Waals surface area contributed by atoms with Gasteiger partial charge in [0, 0.05) is 12.7 Å². The third-order valence-corrected chi connectivity index (χ3v) is 5.74. The Labute approximate surface area is 146 Å². The molecule has 0 saturated heterocycles. The van der Waals surface area contributed by atoms with Crippen molar-refractivity contribution in [3.8, 4) is 10.6 Å². The van der Waals surface area contributed by atoms with Crippen LogP contribution in [0.15, 0.2) is 60.1 Å². The first kappa shape index (κ1) is 16.8. The van der Waals surface area contributed by atoms with E-state index < -0.39 is 10.0 Å². The molecule has 1 N–H and O–H groups in total. The predicted molar refractivity (Wildman–Crippen MR) is 98.2 cm³/mol. The van der Waals surface area contributed by atoms with Crippen LogP contribution in [0.5, 0.6) is 0 Å². The number of hydrogen-bond acceptors (Lipinski definition) is 4. The van der Waals surface area contributed by atoms with Crippen LogP contribution in [0, 0.1) is 6.92 Å². The molecule has 0 atom stereocenters. The van der Waals surface area contributed by atoms with E-state index in [-0.39, 0.29) is 12.3 Å².